The zero-order valence-electron chi connectivity index (χ0n) is 13.8. The molecule has 1 unspecified atom stereocenters. The molecule has 23 heavy (non-hydrogen) atoms. The first-order chi connectivity index (χ1) is 11.1. The van der Waals surface area contributed by atoms with Crippen molar-refractivity contribution in [1.82, 2.24) is 20.4 Å². The predicted molar refractivity (Wildman–Crippen MR) is 90.7 cm³/mol. The number of amides is 1. The third kappa shape index (κ3) is 3.62. The highest BCUT2D eigenvalue weighted by molar-refractivity contribution is 5.82. The van der Waals surface area contributed by atoms with Crippen LogP contribution in [0.2, 0.25) is 0 Å². The lowest BCUT2D eigenvalue weighted by Gasteiger charge is -2.32. The molecule has 1 aliphatic rings. The number of nitrogens with one attached hydrogen (secondary N) is 2. The summed E-state index contributed by atoms with van der Waals surface area (Å²) in [6.07, 6.45) is 5.85. The number of carbonyl (C=O) groups is 1. The van der Waals surface area contributed by atoms with Crippen molar-refractivity contribution in [2.75, 3.05) is 13.1 Å². The number of nitrogens with zero attached hydrogens (tertiary/aromatic N) is 2. The van der Waals surface area contributed by atoms with Crippen LogP contribution in [0.1, 0.15) is 25.3 Å². The van der Waals surface area contributed by atoms with E-state index in [0.29, 0.717) is 6.54 Å². The monoisotopic (exact) mass is 312 g/mol. The average Bonchev–Trinajstić information content (AvgIpc) is 3.00. The molecule has 1 fully saturated rings. The van der Waals surface area contributed by atoms with Crippen LogP contribution in [0.25, 0.3) is 11.1 Å². The van der Waals surface area contributed by atoms with Crippen LogP contribution in [0.4, 0.5) is 0 Å². The van der Waals surface area contributed by atoms with Gasteiger partial charge in [-0.15, -0.1) is 0 Å². The van der Waals surface area contributed by atoms with Crippen molar-refractivity contribution in [1.29, 1.82) is 0 Å². The lowest BCUT2D eigenvalue weighted by Crippen LogP contribution is -2.48. The normalized spacial score (nSPS) is 21.1. The van der Waals surface area contributed by atoms with Crippen LogP contribution < -0.4 is 10.6 Å². The molecular weight excluding hydrogens is 288 g/mol. The molecule has 5 nitrogen and oxygen atoms in total. The van der Waals surface area contributed by atoms with Gasteiger partial charge in [0.2, 0.25) is 5.91 Å². The first-order valence-corrected chi connectivity index (χ1v) is 8.14. The molecule has 5 heteroatoms. The zero-order chi connectivity index (χ0) is 16.3. The number of hydrogen-bond donors (Lipinski definition) is 2. The molecule has 3 rings (SSSR count). The second-order valence-corrected chi connectivity index (χ2v) is 6.63. The molecule has 0 bridgehead atoms. The van der Waals surface area contributed by atoms with Gasteiger partial charge in [-0.05, 0) is 43.5 Å². The van der Waals surface area contributed by atoms with Crippen LogP contribution >= 0.6 is 0 Å². The van der Waals surface area contributed by atoms with Crippen LogP contribution in [0.15, 0.2) is 36.7 Å². The number of piperidine rings is 1. The number of benzene rings is 1. The van der Waals surface area contributed by atoms with Crippen molar-refractivity contribution >= 4 is 5.91 Å². The van der Waals surface area contributed by atoms with E-state index in [0.717, 1.165) is 42.6 Å². The van der Waals surface area contributed by atoms with Crippen LogP contribution in [0.5, 0.6) is 0 Å². The van der Waals surface area contributed by atoms with Crippen molar-refractivity contribution in [3.63, 3.8) is 0 Å². The third-order valence-corrected chi connectivity index (χ3v) is 4.56. The van der Waals surface area contributed by atoms with Gasteiger partial charge in [0.25, 0.3) is 0 Å². The van der Waals surface area contributed by atoms with Gasteiger partial charge in [0.1, 0.15) is 0 Å². The summed E-state index contributed by atoms with van der Waals surface area (Å²) in [7, 11) is 1.91. The topological polar surface area (TPSA) is 59.0 Å². The smallest absolute Gasteiger partial charge is 0.227 e. The van der Waals surface area contributed by atoms with Crippen LogP contribution in [0.3, 0.4) is 0 Å². The maximum atomic E-state index is 12.5. The lowest BCUT2D eigenvalue weighted by atomic mass is 9.82. The first-order valence-electron chi connectivity index (χ1n) is 8.14. The molecule has 1 aromatic heterocycles. The molecule has 0 saturated carbocycles. The summed E-state index contributed by atoms with van der Waals surface area (Å²) in [5.74, 6) is 0.136. The fourth-order valence-corrected chi connectivity index (χ4v) is 3.08. The Kier molecular flexibility index (Phi) is 4.48. The Bertz CT molecular complexity index is 686. The maximum Gasteiger partial charge on any atom is 0.227 e. The average molecular weight is 312 g/mol. The van der Waals surface area contributed by atoms with Gasteiger partial charge in [0.15, 0.2) is 0 Å². The van der Waals surface area contributed by atoms with Crippen LogP contribution in [-0.4, -0.2) is 28.8 Å². The van der Waals surface area contributed by atoms with E-state index in [4.69, 9.17) is 0 Å². The number of aryl methyl sites for hydroxylation is 1. The highest BCUT2D eigenvalue weighted by Crippen LogP contribution is 2.26. The number of aromatic nitrogens is 2. The Morgan fingerprint density at radius 3 is 3.00 bits per heavy atom. The van der Waals surface area contributed by atoms with Crippen molar-refractivity contribution in [2.45, 2.75) is 26.3 Å². The van der Waals surface area contributed by atoms with Crippen molar-refractivity contribution in [3.05, 3.63) is 42.2 Å². The van der Waals surface area contributed by atoms with E-state index >= 15 is 0 Å². The summed E-state index contributed by atoms with van der Waals surface area (Å²) in [6.45, 7) is 4.37. The number of hydrogen-bond acceptors (Lipinski definition) is 3. The molecule has 1 amide bonds. The summed E-state index contributed by atoms with van der Waals surface area (Å²) in [6, 6.07) is 8.24. The van der Waals surface area contributed by atoms with Gasteiger partial charge in [0.05, 0.1) is 11.6 Å². The zero-order valence-corrected chi connectivity index (χ0v) is 13.8. The summed E-state index contributed by atoms with van der Waals surface area (Å²) in [4.78, 5) is 12.5. The summed E-state index contributed by atoms with van der Waals surface area (Å²) in [5, 5.41) is 10.6. The molecule has 1 aliphatic heterocycles. The molecule has 0 aliphatic carbocycles. The van der Waals surface area contributed by atoms with E-state index in [1.54, 1.807) is 4.68 Å². The fourth-order valence-electron chi connectivity index (χ4n) is 3.08. The molecular formula is C18H24N4O. The van der Waals surface area contributed by atoms with Gasteiger partial charge in [-0.25, -0.2) is 0 Å². The van der Waals surface area contributed by atoms with Crippen molar-refractivity contribution in [3.8, 4) is 11.1 Å². The SMILES string of the molecule is Cn1cc(-c2cccc(CNC(=O)C3(C)CCCNC3)c2)cn1. The molecule has 2 N–H and O–H groups in total. The molecule has 1 saturated heterocycles. The summed E-state index contributed by atoms with van der Waals surface area (Å²) < 4.78 is 1.79. The van der Waals surface area contributed by atoms with Crippen LogP contribution in [0, 0.1) is 5.41 Å². The van der Waals surface area contributed by atoms with E-state index in [1.807, 2.05) is 38.5 Å². The second kappa shape index (κ2) is 6.54. The minimum Gasteiger partial charge on any atom is -0.352 e. The highest BCUT2D eigenvalue weighted by Gasteiger charge is 2.34. The largest absolute Gasteiger partial charge is 0.352 e. The molecule has 1 atom stereocenters. The second-order valence-electron chi connectivity index (χ2n) is 6.63. The van der Waals surface area contributed by atoms with Gasteiger partial charge >= 0.3 is 0 Å². The third-order valence-electron chi connectivity index (χ3n) is 4.56. The van der Waals surface area contributed by atoms with Gasteiger partial charge in [-0.3, -0.25) is 9.48 Å². The van der Waals surface area contributed by atoms with E-state index in [2.05, 4.69) is 27.9 Å². The van der Waals surface area contributed by atoms with Gasteiger partial charge in [-0.1, -0.05) is 18.2 Å². The summed E-state index contributed by atoms with van der Waals surface area (Å²) in [5.41, 5.74) is 3.02. The Morgan fingerprint density at radius 1 is 1.43 bits per heavy atom. The molecule has 0 radical (unpaired) electrons. The molecule has 1 aromatic carbocycles. The van der Waals surface area contributed by atoms with Gasteiger partial charge in [-0.2, -0.15) is 5.10 Å². The fraction of sp³-hybridized carbons (Fsp3) is 0.444. The minimum atomic E-state index is -0.292. The predicted octanol–water partition coefficient (Wildman–Crippen LogP) is 2.09. The Morgan fingerprint density at radius 2 is 2.30 bits per heavy atom. The quantitative estimate of drug-likeness (QED) is 0.909. The highest BCUT2D eigenvalue weighted by atomic mass is 16.2. The summed E-state index contributed by atoms with van der Waals surface area (Å²) >= 11 is 0. The van der Waals surface area contributed by atoms with E-state index in [9.17, 15) is 4.79 Å². The standard InChI is InChI=1S/C18H24N4O/c1-18(7-4-8-19-13-18)17(23)20-10-14-5-3-6-15(9-14)16-11-21-22(2)12-16/h3,5-6,9,11-12,19H,4,7-8,10,13H2,1-2H3,(H,20,23). The van der Waals surface area contributed by atoms with E-state index < -0.39 is 0 Å². The Balaban J connectivity index is 1.65. The first kappa shape index (κ1) is 15.7. The maximum absolute atomic E-state index is 12.5. The lowest BCUT2D eigenvalue weighted by molar-refractivity contribution is -0.131. The molecule has 0 spiro atoms. The number of carbonyl (C=O) groups excluding carboxylic acids is 1. The van der Waals surface area contributed by atoms with Gasteiger partial charge < -0.3 is 10.6 Å². The Labute approximate surface area is 137 Å². The van der Waals surface area contributed by atoms with Crippen molar-refractivity contribution in [2.24, 2.45) is 12.5 Å². The minimum absolute atomic E-state index is 0.136. The number of rotatable bonds is 4. The molecule has 122 valence electrons. The molecule has 2 heterocycles. The van der Waals surface area contributed by atoms with E-state index in [-0.39, 0.29) is 11.3 Å². The van der Waals surface area contributed by atoms with E-state index in [1.165, 1.54) is 0 Å². The van der Waals surface area contributed by atoms with Crippen molar-refractivity contribution < 1.29 is 4.79 Å². The molecule has 2 aromatic rings. The van der Waals surface area contributed by atoms with Gasteiger partial charge in [0, 0.05) is 31.9 Å². The van der Waals surface area contributed by atoms with Crippen LogP contribution in [-0.2, 0) is 18.4 Å². The Hall–Kier alpha value is -2.14.